The summed E-state index contributed by atoms with van der Waals surface area (Å²) in [5, 5.41) is 3.45. The van der Waals surface area contributed by atoms with E-state index in [1.807, 2.05) is 0 Å². The van der Waals surface area contributed by atoms with Crippen LogP contribution < -0.4 is 5.32 Å². The Morgan fingerprint density at radius 3 is 2.62 bits per heavy atom. The van der Waals surface area contributed by atoms with Crippen molar-refractivity contribution in [1.29, 1.82) is 0 Å². The fourth-order valence-corrected chi connectivity index (χ4v) is 1.22. The Bertz CT molecular complexity index is 192. The number of amidine groups is 1. The van der Waals surface area contributed by atoms with Gasteiger partial charge >= 0.3 is 0 Å². The van der Waals surface area contributed by atoms with Gasteiger partial charge in [-0.05, 0) is 17.8 Å². The highest BCUT2D eigenvalue weighted by molar-refractivity contribution is 5.83. The maximum Gasteiger partial charge on any atom is 0.0963 e. The molecule has 0 saturated heterocycles. The van der Waals surface area contributed by atoms with Crippen molar-refractivity contribution in [2.75, 3.05) is 13.1 Å². The van der Waals surface area contributed by atoms with Crippen molar-refractivity contribution in [2.24, 2.45) is 16.3 Å². The van der Waals surface area contributed by atoms with E-state index in [4.69, 9.17) is 0 Å². The zero-order chi connectivity index (χ0) is 9.90. The van der Waals surface area contributed by atoms with E-state index < -0.39 is 0 Å². The molecule has 0 atom stereocenters. The van der Waals surface area contributed by atoms with Crippen molar-refractivity contribution in [2.45, 2.75) is 40.5 Å². The first-order chi connectivity index (χ1) is 6.02. The van der Waals surface area contributed by atoms with Crippen LogP contribution in [0, 0.1) is 11.3 Å². The van der Waals surface area contributed by atoms with Crippen LogP contribution in [0.5, 0.6) is 0 Å². The Morgan fingerprint density at radius 1 is 1.46 bits per heavy atom. The van der Waals surface area contributed by atoms with Gasteiger partial charge in [0.1, 0.15) is 0 Å². The molecule has 0 radical (unpaired) electrons. The maximum absolute atomic E-state index is 4.40. The predicted octanol–water partition coefficient (Wildman–Crippen LogP) is 2.45. The van der Waals surface area contributed by atoms with Crippen molar-refractivity contribution in [3.05, 3.63) is 0 Å². The van der Waals surface area contributed by atoms with Crippen molar-refractivity contribution in [3.8, 4) is 0 Å². The van der Waals surface area contributed by atoms with E-state index in [9.17, 15) is 0 Å². The molecule has 1 aliphatic heterocycles. The van der Waals surface area contributed by atoms with Gasteiger partial charge in [-0.15, -0.1) is 0 Å². The Morgan fingerprint density at radius 2 is 2.15 bits per heavy atom. The van der Waals surface area contributed by atoms with E-state index >= 15 is 0 Å². The number of rotatable bonds is 3. The van der Waals surface area contributed by atoms with Crippen molar-refractivity contribution in [1.82, 2.24) is 5.32 Å². The fraction of sp³-hybridized carbons (Fsp3) is 0.909. The molecule has 0 aromatic rings. The van der Waals surface area contributed by atoms with E-state index in [0.29, 0.717) is 11.3 Å². The van der Waals surface area contributed by atoms with E-state index in [0.717, 1.165) is 19.5 Å². The molecule has 13 heavy (non-hydrogen) atoms. The van der Waals surface area contributed by atoms with Gasteiger partial charge in [-0.3, -0.25) is 4.99 Å². The van der Waals surface area contributed by atoms with Crippen molar-refractivity contribution in [3.63, 3.8) is 0 Å². The van der Waals surface area contributed by atoms with Crippen LogP contribution in [0.4, 0.5) is 0 Å². The van der Waals surface area contributed by atoms with E-state index in [2.05, 4.69) is 38.0 Å². The lowest BCUT2D eigenvalue weighted by Crippen LogP contribution is -2.36. The Labute approximate surface area is 81.8 Å². The molecule has 0 spiro atoms. The number of nitrogens with zero attached hydrogens (tertiary/aromatic N) is 1. The van der Waals surface area contributed by atoms with Crippen LogP contribution in [0.15, 0.2) is 4.99 Å². The van der Waals surface area contributed by atoms with E-state index in [-0.39, 0.29) is 0 Å². The average molecular weight is 182 g/mol. The zero-order valence-corrected chi connectivity index (χ0v) is 9.35. The molecule has 0 amide bonds. The summed E-state index contributed by atoms with van der Waals surface area (Å²) in [6.45, 7) is 11.2. The van der Waals surface area contributed by atoms with Gasteiger partial charge < -0.3 is 5.32 Å². The molecule has 0 aliphatic carbocycles. The molecule has 2 nitrogen and oxygen atoms in total. The second kappa shape index (κ2) is 4.12. The van der Waals surface area contributed by atoms with Gasteiger partial charge in [0.2, 0.25) is 0 Å². The smallest absolute Gasteiger partial charge is 0.0963 e. The highest BCUT2D eigenvalue weighted by Crippen LogP contribution is 2.24. The van der Waals surface area contributed by atoms with Crippen LogP contribution in [0.1, 0.15) is 40.5 Å². The third kappa shape index (κ3) is 3.02. The minimum absolute atomic E-state index is 0.366. The highest BCUT2D eigenvalue weighted by atomic mass is 15.0. The minimum Gasteiger partial charge on any atom is -0.373 e. The maximum atomic E-state index is 4.40. The summed E-state index contributed by atoms with van der Waals surface area (Å²) in [4.78, 5) is 4.40. The van der Waals surface area contributed by atoms with Gasteiger partial charge in [0.25, 0.3) is 0 Å². The van der Waals surface area contributed by atoms with E-state index in [1.165, 1.54) is 12.3 Å². The third-order valence-corrected chi connectivity index (χ3v) is 3.19. The molecule has 1 rings (SSSR count). The van der Waals surface area contributed by atoms with Gasteiger partial charge in [0.05, 0.1) is 5.84 Å². The highest BCUT2D eigenvalue weighted by Gasteiger charge is 2.22. The SMILES string of the molecule is CC(C)C(C)(C)CNC1=NCCC1. The Balaban J connectivity index is 2.32. The lowest BCUT2D eigenvalue weighted by atomic mass is 9.81. The Kier molecular flexibility index (Phi) is 3.34. The molecule has 1 N–H and O–H groups in total. The normalized spacial score (nSPS) is 17.8. The van der Waals surface area contributed by atoms with Crippen molar-refractivity contribution < 1.29 is 0 Å². The second-order valence-electron chi connectivity index (χ2n) is 4.93. The molecular formula is C11H22N2. The van der Waals surface area contributed by atoms with Gasteiger partial charge in [-0.2, -0.15) is 0 Å². The summed E-state index contributed by atoms with van der Waals surface area (Å²) in [6, 6.07) is 0. The first-order valence-corrected chi connectivity index (χ1v) is 5.29. The minimum atomic E-state index is 0.366. The first-order valence-electron chi connectivity index (χ1n) is 5.29. The molecule has 0 aromatic carbocycles. The fourth-order valence-electron chi connectivity index (χ4n) is 1.22. The molecule has 0 fully saturated rings. The van der Waals surface area contributed by atoms with Gasteiger partial charge in [0, 0.05) is 19.5 Å². The zero-order valence-electron chi connectivity index (χ0n) is 9.35. The molecule has 2 heteroatoms. The number of aliphatic imine (C=N–C) groups is 1. The van der Waals surface area contributed by atoms with Crippen LogP contribution in [0.25, 0.3) is 0 Å². The van der Waals surface area contributed by atoms with Gasteiger partial charge in [0.15, 0.2) is 0 Å². The number of hydrogen-bond acceptors (Lipinski definition) is 2. The summed E-state index contributed by atoms with van der Waals surface area (Å²) < 4.78 is 0. The molecule has 0 unspecified atom stereocenters. The summed E-state index contributed by atoms with van der Waals surface area (Å²) in [6.07, 6.45) is 2.37. The number of hydrogen-bond donors (Lipinski definition) is 1. The van der Waals surface area contributed by atoms with Crippen molar-refractivity contribution >= 4 is 5.84 Å². The predicted molar refractivity (Wildman–Crippen MR) is 58.2 cm³/mol. The van der Waals surface area contributed by atoms with Crippen LogP contribution in [-0.4, -0.2) is 18.9 Å². The molecule has 1 heterocycles. The summed E-state index contributed by atoms with van der Waals surface area (Å²) >= 11 is 0. The largest absolute Gasteiger partial charge is 0.373 e. The molecule has 0 aromatic heterocycles. The molecule has 1 aliphatic rings. The second-order valence-corrected chi connectivity index (χ2v) is 4.93. The molecule has 0 saturated carbocycles. The van der Waals surface area contributed by atoms with Crippen LogP contribution in [-0.2, 0) is 0 Å². The quantitative estimate of drug-likeness (QED) is 0.712. The lowest BCUT2D eigenvalue weighted by molar-refractivity contribution is 0.251. The monoisotopic (exact) mass is 182 g/mol. The van der Waals surface area contributed by atoms with Crippen LogP contribution >= 0.6 is 0 Å². The molecular weight excluding hydrogens is 160 g/mol. The summed E-state index contributed by atoms with van der Waals surface area (Å²) in [5.41, 5.74) is 0.366. The van der Waals surface area contributed by atoms with E-state index in [1.54, 1.807) is 0 Å². The summed E-state index contributed by atoms with van der Waals surface area (Å²) in [7, 11) is 0. The van der Waals surface area contributed by atoms with Gasteiger partial charge in [-0.25, -0.2) is 0 Å². The standard InChI is InChI=1S/C11H22N2/c1-9(2)11(3,4)8-13-10-6-5-7-12-10/h9H,5-8H2,1-4H3,(H,12,13). The topological polar surface area (TPSA) is 24.4 Å². The van der Waals surface area contributed by atoms with Crippen LogP contribution in [0.3, 0.4) is 0 Å². The number of nitrogens with one attached hydrogen (secondary N) is 1. The van der Waals surface area contributed by atoms with Crippen LogP contribution in [0.2, 0.25) is 0 Å². The molecule has 0 bridgehead atoms. The third-order valence-electron chi connectivity index (χ3n) is 3.19. The molecule has 76 valence electrons. The average Bonchev–Trinajstić information content (AvgIpc) is 2.52. The summed E-state index contributed by atoms with van der Waals surface area (Å²) in [5.74, 6) is 1.93. The van der Waals surface area contributed by atoms with Gasteiger partial charge in [-0.1, -0.05) is 27.7 Å². The lowest BCUT2D eigenvalue weighted by Gasteiger charge is -2.29. The first kappa shape index (κ1) is 10.6. The Hall–Kier alpha value is -0.530.